The van der Waals surface area contributed by atoms with Gasteiger partial charge in [0.2, 0.25) is 5.91 Å². The number of amides is 1. The summed E-state index contributed by atoms with van der Waals surface area (Å²) in [6.45, 7) is 5.14. The maximum Gasteiger partial charge on any atom is 0.236 e. The van der Waals surface area contributed by atoms with Gasteiger partial charge in [-0.15, -0.1) is 0 Å². The SMILES string of the molecule is Cc1ccccc1CN(C)C(=O)CN1CCC(N)CC1. The van der Waals surface area contributed by atoms with Crippen LogP contribution >= 0.6 is 0 Å². The van der Waals surface area contributed by atoms with Crippen LogP contribution in [-0.4, -0.2) is 48.4 Å². The Morgan fingerprint density at radius 1 is 1.35 bits per heavy atom. The molecule has 20 heavy (non-hydrogen) atoms. The van der Waals surface area contributed by atoms with Crippen LogP contribution < -0.4 is 5.73 Å². The first-order valence-electron chi connectivity index (χ1n) is 7.32. The number of likely N-dealkylation sites (tertiary alicyclic amines) is 1. The lowest BCUT2D eigenvalue weighted by Crippen LogP contribution is -2.44. The van der Waals surface area contributed by atoms with Gasteiger partial charge in [-0.1, -0.05) is 24.3 Å². The van der Waals surface area contributed by atoms with E-state index in [1.807, 2.05) is 24.1 Å². The summed E-state index contributed by atoms with van der Waals surface area (Å²) in [4.78, 5) is 16.3. The molecule has 0 unspecified atom stereocenters. The number of hydrogen-bond acceptors (Lipinski definition) is 3. The molecule has 1 aromatic rings. The summed E-state index contributed by atoms with van der Waals surface area (Å²) < 4.78 is 0. The summed E-state index contributed by atoms with van der Waals surface area (Å²) >= 11 is 0. The van der Waals surface area contributed by atoms with Crippen LogP contribution in [-0.2, 0) is 11.3 Å². The molecule has 1 fully saturated rings. The molecule has 1 heterocycles. The zero-order valence-corrected chi connectivity index (χ0v) is 12.5. The molecule has 0 aliphatic carbocycles. The van der Waals surface area contributed by atoms with Crippen molar-refractivity contribution in [3.8, 4) is 0 Å². The second-order valence-electron chi connectivity index (χ2n) is 5.79. The van der Waals surface area contributed by atoms with Crippen LogP contribution in [0.4, 0.5) is 0 Å². The largest absolute Gasteiger partial charge is 0.340 e. The Hall–Kier alpha value is -1.39. The minimum absolute atomic E-state index is 0.184. The van der Waals surface area contributed by atoms with Crippen LogP contribution in [0.15, 0.2) is 24.3 Å². The maximum atomic E-state index is 12.3. The molecule has 4 heteroatoms. The van der Waals surface area contributed by atoms with E-state index in [2.05, 4.69) is 24.0 Å². The van der Waals surface area contributed by atoms with Gasteiger partial charge in [-0.2, -0.15) is 0 Å². The van der Waals surface area contributed by atoms with Gasteiger partial charge in [0.25, 0.3) is 0 Å². The fourth-order valence-corrected chi connectivity index (χ4v) is 2.55. The normalized spacial score (nSPS) is 17.1. The van der Waals surface area contributed by atoms with Crippen LogP contribution in [0.3, 0.4) is 0 Å². The quantitative estimate of drug-likeness (QED) is 0.903. The molecule has 110 valence electrons. The lowest BCUT2D eigenvalue weighted by Gasteiger charge is -2.31. The number of piperidine rings is 1. The fraction of sp³-hybridized carbons (Fsp3) is 0.562. The van der Waals surface area contributed by atoms with E-state index < -0.39 is 0 Å². The molecule has 0 spiro atoms. The average Bonchev–Trinajstić information content (AvgIpc) is 2.44. The zero-order chi connectivity index (χ0) is 14.5. The number of hydrogen-bond donors (Lipinski definition) is 1. The number of carbonyl (C=O) groups is 1. The van der Waals surface area contributed by atoms with Crippen molar-refractivity contribution in [3.63, 3.8) is 0 Å². The van der Waals surface area contributed by atoms with Crippen LogP contribution in [0.5, 0.6) is 0 Å². The molecule has 2 N–H and O–H groups in total. The number of nitrogens with zero attached hydrogens (tertiary/aromatic N) is 2. The standard InChI is InChI=1S/C16H25N3O/c1-13-5-3-4-6-14(13)11-18(2)16(20)12-19-9-7-15(17)8-10-19/h3-6,15H,7-12,17H2,1-2H3. The third-order valence-electron chi connectivity index (χ3n) is 4.09. The van der Waals surface area contributed by atoms with Gasteiger partial charge in [-0.25, -0.2) is 0 Å². The molecule has 0 bridgehead atoms. The van der Waals surface area contributed by atoms with Gasteiger partial charge >= 0.3 is 0 Å². The molecule has 1 aliphatic heterocycles. The number of carbonyl (C=O) groups excluding carboxylic acids is 1. The number of aryl methyl sites for hydroxylation is 1. The van der Waals surface area contributed by atoms with E-state index >= 15 is 0 Å². The van der Waals surface area contributed by atoms with Crippen molar-refractivity contribution >= 4 is 5.91 Å². The van der Waals surface area contributed by atoms with E-state index in [1.165, 1.54) is 11.1 Å². The molecule has 2 rings (SSSR count). The van der Waals surface area contributed by atoms with E-state index in [4.69, 9.17) is 5.73 Å². The minimum atomic E-state index is 0.184. The minimum Gasteiger partial charge on any atom is -0.340 e. The van der Waals surface area contributed by atoms with E-state index in [1.54, 1.807) is 0 Å². The first kappa shape index (κ1) is 15.0. The summed E-state index contributed by atoms with van der Waals surface area (Å²) in [5.41, 5.74) is 8.33. The Kier molecular flexibility index (Phi) is 5.15. The molecule has 4 nitrogen and oxygen atoms in total. The van der Waals surface area contributed by atoms with Gasteiger partial charge in [0.15, 0.2) is 0 Å². The highest BCUT2D eigenvalue weighted by Crippen LogP contribution is 2.11. The Morgan fingerprint density at radius 3 is 2.65 bits per heavy atom. The van der Waals surface area contributed by atoms with Gasteiger partial charge in [0, 0.05) is 32.7 Å². The first-order chi connectivity index (χ1) is 9.56. The molecule has 0 aromatic heterocycles. The summed E-state index contributed by atoms with van der Waals surface area (Å²) in [6.07, 6.45) is 1.99. The highest BCUT2D eigenvalue weighted by molar-refractivity contribution is 5.78. The Bertz CT molecular complexity index is 453. The van der Waals surface area contributed by atoms with Crippen molar-refractivity contribution < 1.29 is 4.79 Å². The summed E-state index contributed by atoms with van der Waals surface area (Å²) in [6, 6.07) is 8.52. The highest BCUT2D eigenvalue weighted by Gasteiger charge is 2.20. The molecule has 1 aromatic carbocycles. The summed E-state index contributed by atoms with van der Waals surface area (Å²) in [7, 11) is 1.88. The fourth-order valence-electron chi connectivity index (χ4n) is 2.55. The summed E-state index contributed by atoms with van der Waals surface area (Å²) in [5.74, 6) is 0.184. The number of rotatable bonds is 4. The summed E-state index contributed by atoms with van der Waals surface area (Å²) in [5, 5.41) is 0. The van der Waals surface area contributed by atoms with Crippen LogP contribution in [0.1, 0.15) is 24.0 Å². The molecular weight excluding hydrogens is 250 g/mol. The van der Waals surface area contributed by atoms with Gasteiger partial charge < -0.3 is 10.6 Å². The van der Waals surface area contributed by atoms with Gasteiger partial charge in [-0.3, -0.25) is 9.69 Å². The van der Waals surface area contributed by atoms with E-state index in [9.17, 15) is 4.79 Å². The lowest BCUT2D eigenvalue weighted by atomic mass is 10.1. The molecule has 1 aliphatic rings. The van der Waals surface area contributed by atoms with Gasteiger partial charge in [0.05, 0.1) is 6.54 Å². The molecule has 1 saturated heterocycles. The lowest BCUT2D eigenvalue weighted by molar-refractivity contribution is -0.131. The van der Waals surface area contributed by atoms with Crippen molar-refractivity contribution in [2.45, 2.75) is 32.4 Å². The van der Waals surface area contributed by atoms with E-state index in [0.717, 1.165) is 25.9 Å². The van der Waals surface area contributed by atoms with Crippen molar-refractivity contribution in [1.29, 1.82) is 0 Å². The first-order valence-corrected chi connectivity index (χ1v) is 7.32. The van der Waals surface area contributed by atoms with Crippen molar-refractivity contribution in [3.05, 3.63) is 35.4 Å². The predicted octanol–water partition coefficient (Wildman–Crippen LogP) is 1.38. The van der Waals surface area contributed by atoms with E-state index in [0.29, 0.717) is 19.1 Å². The smallest absolute Gasteiger partial charge is 0.236 e. The number of likely N-dealkylation sites (N-methyl/N-ethyl adjacent to an activating group) is 1. The van der Waals surface area contributed by atoms with Crippen LogP contribution in [0, 0.1) is 6.92 Å². The van der Waals surface area contributed by atoms with Crippen molar-refractivity contribution in [1.82, 2.24) is 9.80 Å². The predicted molar refractivity (Wildman–Crippen MR) is 81.3 cm³/mol. The Balaban J connectivity index is 1.84. The van der Waals surface area contributed by atoms with Crippen molar-refractivity contribution in [2.24, 2.45) is 5.73 Å². The molecular formula is C16H25N3O. The molecule has 0 radical (unpaired) electrons. The Labute approximate surface area is 121 Å². The topological polar surface area (TPSA) is 49.6 Å². The molecule has 0 atom stereocenters. The monoisotopic (exact) mass is 275 g/mol. The number of benzene rings is 1. The molecule has 0 saturated carbocycles. The average molecular weight is 275 g/mol. The third-order valence-corrected chi connectivity index (χ3v) is 4.09. The third kappa shape index (κ3) is 4.05. The van der Waals surface area contributed by atoms with Gasteiger partial charge in [-0.05, 0) is 30.9 Å². The zero-order valence-electron chi connectivity index (χ0n) is 12.5. The highest BCUT2D eigenvalue weighted by atomic mass is 16.2. The van der Waals surface area contributed by atoms with Crippen molar-refractivity contribution in [2.75, 3.05) is 26.7 Å². The second kappa shape index (κ2) is 6.86. The Morgan fingerprint density at radius 2 is 2.00 bits per heavy atom. The second-order valence-corrected chi connectivity index (χ2v) is 5.79. The maximum absolute atomic E-state index is 12.3. The molecule has 1 amide bonds. The van der Waals surface area contributed by atoms with Crippen LogP contribution in [0.2, 0.25) is 0 Å². The van der Waals surface area contributed by atoms with E-state index in [-0.39, 0.29) is 5.91 Å². The van der Waals surface area contributed by atoms with Crippen LogP contribution in [0.25, 0.3) is 0 Å². The number of nitrogens with two attached hydrogens (primary N) is 1. The van der Waals surface area contributed by atoms with Gasteiger partial charge in [0.1, 0.15) is 0 Å².